The number of hydrogen-bond donors (Lipinski definition) is 0. The lowest BCUT2D eigenvalue weighted by molar-refractivity contribution is 0.631. The molecule has 0 radical (unpaired) electrons. The average Bonchev–Trinajstić information content (AvgIpc) is 3.46. The van der Waals surface area contributed by atoms with Crippen LogP contribution < -0.4 is 0 Å². The smallest absolute Gasteiger partial charge is 0.160 e. The highest BCUT2D eigenvalue weighted by atomic mass is 79.9. The molecule has 0 aliphatic carbocycles. The first-order chi connectivity index (χ1) is 14.5. The van der Waals surface area contributed by atoms with Crippen LogP contribution in [0.15, 0.2) is 75.3 Å². The molecule has 0 N–H and O–H groups in total. The Kier molecular flexibility index (Phi) is 4.82. The van der Waals surface area contributed by atoms with Crippen molar-refractivity contribution in [2.45, 2.75) is 0 Å². The van der Waals surface area contributed by atoms with Crippen LogP contribution in [-0.2, 0) is 0 Å². The van der Waals surface area contributed by atoms with Crippen LogP contribution in [0.3, 0.4) is 0 Å². The van der Waals surface area contributed by atoms with Gasteiger partial charge in [0.05, 0.1) is 37.0 Å². The Hall–Kier alpha value is -0.900. The van der Waals surface area contributed by atoms with Gasteiger partial charge in [0.25, 0.3) is 0 Å². The zero-order chi connectivity index (χ0) is 20.6. The highest BCUT2D eigenvalue weighted by molar-refractivity contribution is 9.11. The van der Waals surface area contributed by atoms with Gasteiger partial charge in [-0.15, -0.1) is 22.7 Å². The van der Waals surface area contributed by atoms with Crippen molar-refractivity contribution in [2.24, 2.45) is 0 Å². The van der Waals surface area contributed by atoms with Gasteiger partial charge in [-0.3, -0.25) is 0 Å². The molecule has 0 atom stereocenters. The van der Waals surface area contributed by atoms with Crippen LogP contribution in [0.5, 0.6) is 0 Å². The molecule has 2 aromatic carbocycles. The van der Waals surface area contributed by atoms with Crippen LogP contribution in [0.4, 0.5) is 0 Å². The number of furan rings is 2. The van der Waals surface area contributed by atoms with Crippen molar-refractivity contribution in [3.8, 4) is 21.3 Å². The molecule has 0 amide bonds. The molecule has 0 spiro atoms. The maximum Gasteiger partial charge on any atom is 0.160 e. The molecule has 0 saturated carbocycles. The fraction of sp³-hybridized carbons (Fsp3) is 0. The maximum atomic E-state index is 6.18. The van der Waals surface area contributed by atoms with Crippen molar-refractivity contribution in [3.05, 3.63) is 66.4 Å². The number of rotatable bonds is 2. The van der Waals surface area contributed by atoms with Gasteiger partial charge >= 0.3 is 0 Å². The second kappa shape index (κ2) is 7.32. The Morgan fingerprint density at radius 3 is 1.33 bits per heavy atom. The summed E-state index contributed by atoms with van der Waals surface area (Å²) in [5.41, 5.74) is 1.74. The zero-order valence-corrected chi connectivity index (χ0v) is 22.7. The van der Waals surface area contributed by atoms with E-state index in [1.165, 1.54) is 0 Å². The summed E-state index contributed by atoms with van der Waals surface area (Å²) in [5, 5.41) is 2.14. The number of benzene rings is 2. The van der Waals surface area contributed by atoms with Crippen LogP contribution in [0.1, 0.15) is 0 Å². The first kappa shape index (κ1) is 19.8. The number of para-hydroxylation sites is 2. The average molecular weight is 688 g/mol. The summed E-state index contributed by atoms with van der Waals surface area (Å²) < 4.78 is 18.7. The highest BCUT2D eigenvalue weighted by Gasteiger charge is 2.26. The first-order valence-corrected chi connectivity index (χ1v) is 13.6. The Morgan fingerprint density at radius 1 is 0.533 bits per heavy atom. The number of hydrogen-bond acceptors (Lipinski definition) is 4. The molecular formula is C22H8Br4O2S2. The Labute approximate surface area is 212 Å². The third kappa shape index (κ3) is 2.81. The normalized spacial score (nSPS) is 12.0. The van der Waals surface area contributed by atoms with E-state index in [1.54, 1.807) is 22.7 Å². The minimum atomic E-state index is 0.842. The molecule has 0 unspecified atom stereocenters. The Bertz CT molecular complexity index is 1480. The fourth-order valence-electron chi connectivity index (χ4n) is 3.49. The fourth-order valence-corrected chi connectivity index (χ4v) is 9.38. The van der Waals surface area contributed by atoms with E-state index in [2.05, 4.69) is 75.9 Å². The molecule has 0 fully saturated rings. The van der Waals surface area contributed by atoms with Crippen LogP contribution >= 0.6 is 86.4 Å². The van der Waals surface area contributed by atoms with Crippen molar-refractivity contribution >= 4 is 118 Å². The van der Waals surface area contributed by atoms with Crippen LogP contribution in [0, 0.1) is 0 Å². The molecule has 148 valence electrons. The summed E-state index contributed by atoms with van der Waals surface area (Å²) >= 11 is 18.5. The molecule has 2 nitrogen and oxygen atoms in total. The van der Waals surface area contributed by atoms with Gasteiger partial charge in [-0.25, -0.2) is 0 Å². The van der Waals surface area contributed by atoms with Gasteiger partial charge in [0.1, 0.15) is 11.2 Å². The summed E-state index contributed by atoms with van der Waals surface area (Å²) in [7, 11) is 0. The first-order valence-electron chi connectivity index (χ1n) is 8.79. The molecule has 6 rings (SSSR count). The minimum Gasteiger partial charge on any atom is -0.454 e. The minimum absolute atomic E-state index is 0.842. The molecule has 4 heterocycles. The third-order valence-corrected chi connectivity index (χ3v) is 11.6. The van der Waals surface area contributed by atoms with E-state index in [0.717, 1.165) is 70.5 Å². The molecule has 0 aliphatic rings. The quantitative estimate of drug-likeness (QED) is 0.181. The van der Waals surface area contributed by atoms with Gasteiger partial charge in [-0.05, 0) is 88.0 Å². The van der Waals surface area contributed by atoms with E-state index in [0.29, 0.717) is 0 Å². The summed E-state index contributed by atoms with van der Waals surface area (Å²) in [6.45, 7) is 0. The van der Waals surface area contributed by atoms with Crippen molar-refractivity contribution in [1.29, 1.82) is 0 Å². The van der Waals surface area contributed by atoms with Gasteiger partial charge in [0.15, 0.2) is 11.5 Å². The van der Waals surface area contributed by atoms with E-state index < -0.39 is 0 Å². The largest absolute Gasteiger partial charge is 0.454 e. The predicted molar refractivity (Wildman–Crippen MR) is 141 cm³/mol. The topological polar surface area (TPSA) is 26.3 Å². The summed E-state index contributed by atoms with van der Waals surface area (Å²) in [6, 6.07) is 16.1. The van der Waals surface area contributed by atoms with Crippen LogP contribution in [0.25, 0.3) is 52.6 Å². The van der Waals surface area contributed by atoms with Gasteiger partial charge in [0.2, 0.25) is 0 Å². The van der Waals surface area contributed by atoms with Crippen molar-refractivity contribution in [2.75, 3.05) is 0 Å². The van der Waals surface area contributed by atoms with Gasteiger partial charge in [0, 0.05) is 10.8 Å². The predicted octanol–water partition coefficient (Wildman–Crippen LogP) is 10.8. The van der Waals surface area contributed by atoms with Crippen LogP contribution in [0.2, 0.25) is 0 Å². The van der Waals surface area contributed by atoms with Crippen LogP contribution in [-0.4, -0.2) is 0 Å². The molecule has 0 bridgehead atoms. The van der Waals surface area contributed by atoms with E-state index in [1.807, 2.05) is 36.4 Å². The van der Waals surface area contributed by atoms with E-state index >= 15 is 0 Å². The van der Waals surface area contributed by atoms with Crippen molar-refractivity contribution in [3.63, 3.8) is 0 Å². The molecular weight excluding hydrogens is 680 g/mol. The summed E-state index contributed by atoms with van der Waals surface area (Å²) in [5.74, 6) is 1.68. The molecule has 30 heavy (non-hydrogen) atoms. The summed E-state index contributed by atoms with van der Waals surface area (Å²) in [6.07, 6.45) is 0. The molecule has 8 heteroatoms. The van der Waals surface area contributed by atoms with E-state index in [-0.39, 0.29) is 0 Å². The van der Waals surface area contributed by atoms with Crippen molar-refractivity contribution in [1.82, 2.24) is 0 Å². The maximum absolute atomic E-state index is 6.18. The van der Waals surface area contributed by atoms with E-state index in [4.69, 9.17) is 8.83 Å². The standard InChI is InChI=1S/C22H8Br4O2S2/c23-13-9-5-1-3-7-11(9)27-17(13)19-15(25)21-22(29-19)16(26)20(30-21)18-14(24)10-6-2-4-8-12(10)28-18/h1-8H. The van der Waals surface area contributed by atoms with Crippen molar-refractivity contribution < 1.29 is 8.83 Å². The third-order valence-electron chi connectivity index (χ3n) is 4.89. The lowest BCUT2D eigenvalue weighted by atomic mass is 10.2. The molecule has 0 aliphatic heterocycles. The Balaban J connectivity index is 1.56. The summed E-state index contributed by atoms with van der Waals surface area (Å²) in [4.78, 5) is 2.13. The van der Waals surface area contributed by atoms with E-state index in [9.17, 15) is 0 Å². The Morgan fingerprint density at radius 2 is 0.933 bits per heavy atom. The molecule has 4 aromatic heterocycles. The monoisotopic (exact) mass is 684 g/mol. The van der Waals surface area contributed by atoms with Gasteiger partial charge < -0.3 is 8.83 Å². The SMILES string of the molecule is Brc1c(-c2sc3c(Br)c(-c4oc5ccccc5c4Br)sc3c2Br)oc2ccccc12. The number of halogens is 4. The second-order valence-corrected chi connectivity index (χ2v) is 11.8. The molecule has 6 aromatic rings. The molecule has 0 saturated heterocycles. The highest BCUT2D eigenvalue weighted by Crippen LogP contribution is 2.55. The van der Waals surface area contributed by atoms with Gasteiger partial charge in [-0.2, -0.15) is 0 Å². The number of thiophene rings is 2. The number of fused-ring (bicyclic) bond motifs is 3. The zero-order valence-electron chi connectivity index (χ0n) is 14.8. The second-order valence-electron chi connectivity index (χ2n) is 6.63. The van der Waals surface area contributed by atoms with Gasteiger partial charge in [-0.1, -0.05) is 24.3 Å². The lowest BCUT2D eigenvalue weighted by Crippen LogP contribution is -1.71. The lowest BCUT2D eigenvalue weighted by Gasteiger charge is -1.97.